The second kappa shape index (κ2) is 8.72. The maximum absolute atomic E-state index is 13.5. The molecule has 120 valence electrons. The first kappa shape index (κ1) is 18.4. The lowest BCUT2D eigenvalue weighted by molar-refractivity contribution is 0.615. The summed E-state index contributed by atoms with van der Waals surface area (Å²) in [5, 5.41) is 10.5. The summed E-state index contributed by atoms with van der Waals surface area (Å²) in [7, 11) is 3.59. The molecule has 0 spiro atoms. The Labute approximate surface area is 147 Å². The molecule has 2 N–H and O–H groups in total. The van der Waals surface area contributed by atoms with Gasteiger partial charge in [-0.1, -0.05) is 12.1 Å². The largest absolute Gasteiger partial charge is 0.352 e. The highest BCUT2D eigenvalue weighted by molar-refractivity contribution is 14.0. The molecule has 0 saturated heterocycles. The predicted octanol–water partition coefficient (Wildman–Crippen LogP) is 2.35. The average Bonchev–Trinajstić information content (AvgIpc) is 2.88. The van der Waals surface area contributed by atoms with E-state index >= 15 is 0 Å². The van der Waals surface area contributed by atoms with E-state index in [-0.39, 0.29) is 29.8 Å². The van der Waals surface area contributed by atoms with E-state index in [4.69, 9.17) is 0 Å². The van der Waals surface area contributed by atoms with Gasteiger partial charge in [-0.2, -0.15) is 5.10 Å². The minimum absolute atomic E-state index is 0. The van der Waals surface area contributed by atoms with Crippen molar-refractivity contribution in [3.63, 3.8) is 0 Å². The van der Waals surface area contributed by atoms with Gasteiger partial charge in [0, 0.05) is 26.8 Å². The number of nitrogens with zero attached hydrogens (tertiary/aromatic N) is 3. The molecule has 0 atom stereocenters. The van der Waals surface area contributed by atoms with Crippen LogP contribution in [0.15, 0.2) is 35.5 Å². The topological polar surface area (TPSA) is 54.2 Å². The van der Waals surface area contributed by atoms with Crippen LogP contribution in [0, 0.1) is 12.7 Å². The number of hydrogen-bond donors (Lipinski definition) is 2. The van der Waals surface area contributed by atoms with Gasteiger partial charge in [0.25, 0.3) is 0 Å². The molecular formula is C15H21FIN5. The lowest BCUT2D eigenvalue weighted by atomic mass is 10.1. The molecule has 0 aliphatic heterocycles. The average molecular weight is 417 g/mol. The first-order valence-corrected chi connectivity index (χ1v) is 6.76. The summed E-state index contributed by atoms with van der Waals surface area (Å²) >= 11 is 0. The molecule has 1 aromatic heterocycles. The summed E-state index contributed by atoms with van der Waals surface area (Å²) in [6, 6.07) is 7.16. The van der Waals surface area contributed by atoms with Gasteiger partial charge in [0.15, 0.2) is 5.96 Å². The Morgan fingerprint density at radius 1 is 1.27 bits per heavy atom. The van der Waals surface area contributed by atoms with Crippen LogP contribution in [0.1, 0.15) is 16.8 Å². The van der Waals surface area contributed by atoms with Crippen molar-refractivity contribution in [3.05, 3.63) is 53.1 Å². The number of rotatable bonds is 4. The Balaban J connectivity index is 0.00000242. The molecule has 1 heterocycles. The molecule has 0 fully saturated rings. The van der Waals surface area contributed by atoms with Crippen molar-refractivity contribution >= 4 is 29.9 Å². The van der Waals surface area contributed by atoms with Gasteiger partial charge in [-0.05, 0) is 30.2 Å². The lowest BCUT2D eigenvalue weighted by Crippen LogP contribution is -2.36. The molecule has 0 aliphatic carbocycles. The van der Waals surface area contributed by atoms with Crippen LogP contribution in [0.3, 0.4) is 0 Å². The number of aryl methyl sites for hydroxylation is 2. The Morgan fingerprint density at radius 2 is 2.00 bits per heavy atom. The van der Waals surface area contributed by atoms with Crippen LogP contribution in [0.2, 0.25) is 0 Å². The molecule has 0 unspecified atom stereocenters. The van der Waals surface area contributed by atoms with Crippen LogP contribution in [0.25, 0.3) is 0 Å². The summed E-state index contributed by atoms with van der Waals surface area (Å²) in [6.45, 7) is 2.89. The quantitative estimate of drug-likeness (QED) is 0.456. The Kier molecular flexibility index (Phi) is 7.30. The van der Waals surface area contributed by atoms with Gasteiger partial charge in [0.05, 0.1) is 12.2 Å². The fraction of sp³-hybridized carbons (Fsp3) is 0.333. The zero-order valence-corrected chi connectivity index (χ0v) is 15.3. The minimum Gasteiger partial charge on any atom is -0.352 e. The maximum Gasteiger partial charge on any atom is 0.191 e. The SMILES string of the molecule is CN=C(NCc1ccc(C)c(F)c1)NCc1ccnn1C.I. The van der Waals surface area contributed by atoms with Crippen molar-refractivity contribution in [2.24, 2.45) is 12.0 Å². The van der Waals surface area contributed by atoms with E-state index in [0.717, 1.165) is 11.3 Å². The Morgan fingerprint density at radius 3 is 2.59 bits per heavy atom. The third-order valence-electron chi connectivity index (χ3n) is 3.28. The van der Waals surface area contributed by atoms with Crippen LogP contribution >= 0.6 is 24.0 Å². The smallest absolute Gasteiger partial charge is 0.191 e. The van der Waals surface area contributed by atoms with Crippen LogP contribution in [-0.4, -0.2) is 22.8 Å². The van der Waals surface area contributed by atoms with E-state index in [1.54, 1.807) is 30.9 Å². The molecule has 5 nitrogen and oxygen atoms in total. The zero-order valence-electron chi connectivity index (χ0n) is 12.9. The van der Waals surface area contributed by atoms with Gasteiger partial charge >= 0.3 is 0 Å². The number of guanidine groups is 1. The van der Waals surface area contributed by atoms with Crippen molar-refractivity contribution in [3.8, 4) is 0 Å². The van der Waals surface area contributed by atoms with Crippen molar-refractivity contribution < 1.29 is 4.39 Å². The van der Waals surface area contributed by atoms with Gasteiger partial charge in [0.2, 0.25) is 0 Å². The normalized spacial score (nSPS) is 11.0. The maximum atomic E-state index is 13.5. The van der Waals surface area contributed by atoms with Crippen molar-refractivity contribution in [1.29, 1.82) is 0 Å². The van der Waals surface area contributed by atoms with Gasteiger partial charge in [-0.3, -0.25) is 9.67 Å². The van der Waals surface area contributed by atoms with Gasteiger partial charge in [-0.25, -0.2) is 4.39 Å². The highest BCUT2D eigenvalue weighted by Gasteiger charge is 2.03. The van der Waals surface area contributed by atoms with E-state index in [1.807, 2.05) is 19.2 Å². The molecule has 22 heavy (non-hydrogen) atoms. The lowest BCUT2D eigenvalue weighted by Gasteiger charge is -2.12. The van der Waals surface area contributed by atoms with Gasteiger partial charge in [-0.15, -0.1) is 24.0 Å². The first-order chi connectivity index (χ1) is 10.1. The summed E-state index contributed by atoms with van der Waals surface area (Å²) in [4.78, 5) is 4.14. The molecule has 2 aromatic rings. The van der Waals surface area contributed by atoms with E-state index in [0.29, 0.717) is 24.6 Å². The third kappa shape index (κ3) is 4.97. The minimum atomic E-state index is -0.188. The van der Waals surface area contributed by atoms with Gasteiger partial charge in [0.1, 0.15) is 5.82 Å². The third-order valence-corrected chi connectivity index (χ3v) is 3.28. The molecule has 7 heteroatoms. The monoisotopic (exact) mass is 417 g/mol. The molecule has 0 saturated carbocycles. The summed E-state index contributed by atoms with van der Waals surface area (Å²) in [6.07, 6.45) is 1.75. The number of benzene rings is 1. The molecule has 0 bridgehead atoms. The molecule has 2 rings (SSSR count). The molecule has 1 aromatic carbocycles. The van der Waals surface area contributed by atoms with Crippen molar-refractivity contribution in [1.82, 2.24) is 20.4 Å². The zero-order chi connectivity index (χ0) is 15.2. The van der Waals surface area contributed by atoms with Crippen LogP contribution < -0.4 is 10.6 Å². The Bertz CT molecular complexity index is 639. The number of hydrogen-bond acceptors (Lipinski definition) is 2. The summed E-state index contributed by atoms with van der Waals surface area (Å²) < 4.78 is 15.3. The second-order valence-electron chi connectivity index (χ2n) is 4.81. The van der Waals surface area contributed by atoms with Gasteiger partial charge < -0.3 is 10.6 Å². The summed E-state index contributed by atoms with van der Waals surface area (Å²) in [5.41, 5.74) is 2.58. The summed E-state index contributed by atoms with van der Waals surface area (Å²) in [5.74, 6) is 0.476. The highest BCUT2D eigenvalue weighted by atomic mass is 127. The first-order valence-electron chi connectivity index (χ1n) is 6.76. The Hall–Kier alpha value is -1.64. The predicted molar refractivity (Wildman–Crippen MR) is 96.8 cm³/mol. The molecule has 0 aliphatic rings. The molecule has 0 radical (unpaired) electrons. The fourth-order valence-electron chi connectivity index (χ4n) is 1.90. The number of aliphatic imine (C=N–C) groups is 1. The second-order valence-corrected chi connectivity index (χ2v) is 4.81. The number of nitrogens with one attached hydrogen (secondary N) is 2. The van der Waals surface area contributed by atoms with Crippen molar-refractivity contribution in [2.45, 2.75) is 20.0 Å². The molecular weight excluding hydrogens is 396 g/mol. The molecule has 0 amide bonds. The van der Waals surface area contributed by atoms with Crippen LogP contribution in [0.5, 0.6) is 0 Å². The standard InChI is InChI=1S/C15H20FN5.HI/c1-11-4-5-12(8-14(11)16)9-18-15(17-2)19-10-13-6-7-20-21(13)3;/h4-8H,9-10H2,1-3H3,(H2,17,18,19);1H. The van der Waals surface area contributed by atoms with Crippen LogP contribution in [0.4, 0.5) is 4.39 Å². The van der Waals surface area contributed by atoms with E-state index in [1.165, 1.54) is 6.07 Å². The van der Waals surface area contributed by atoms with E-state index < -0.39 is 0 Å². The van der Waals surface area contributed by atoms with E-state index in [2.05, 4.69) is 20.7 Å². The number of aromatic nitrogens is 2. The highest BCUT2D eigenvalue weighted by Crippen LogP contribution is 2.08. The fourth-order valence-corrected chi connectivity index (χ4v) is 1.90. The van der Waals surface area contributed by atoms with Crippen molar-refractivity contribution in [2.75, 3.05) is 7.05 Å². The number of halogens is 2. The van der Waals surface area contributed by atoms with E-state index in [9.17, 15) is 4.39 Å². The van der Waals surface area contributed by atoms with Crippen LogP contribution in [-0.2, 0) is 20.1 Å².